The maximum Gasteiger partial charge on any atom is 0.224 e. The highest BCUT2D eigenvalue weighted by Crippen LogP contribution is 2.24. The van der Waals surface area contributed by atoms with Crippen molar-refractivity contribution in [3.63, 3.8) is 0 Å². The van der Waals surface area contributed by atoms with Crippen LogP contribution >= 0.6 is 11.6 Å². The number of hydrogen-bond acceptors (Lipinski definition) is 4. The van der Waals surface area contributed by atoms with E-state index in [1.54, 1.807) is 0 Å². The van der Waals surface area contributed by atoms with Gasteiger partial charge >= 0.3 is 0 Å². The van der Waals surface area contributed by atoms with Crippen molar-refractivity contribution in [3.8, 4) is 0 Å². The zero-order valence-electron chi connectivity index (χ0n) is 13.3. The van der Waals surface area contributed by atoms with Gasteiger partial charge in [-0.3, -0.25) is 4.79 Å². The molecule has 1 aromatic carbocycles. The Balaban J connectivity index is 1.51. The first-order valence-electron chi connectivity index (χ1n) is 8.30. The van der Waals surface area contributed by atoms with E-state index in [0.29, 0.717) is 31.1 Å². The molecule has 2 fully saturated rings. The van der Waals surface area contributed by atoms with Gasteiger partial charge in [0.15, 0.2) is 0 Å². The van der Waals surface area contributed by atoms with Gasteiger partial charge in [-0.2, -0.15) is 0 Å². The Labute approximate surface area is 142 Å². The van der Waals surface area contributed by atoms with E-state index in [2.05, 4.69) is 10.2 Å². The first-order valence-corrected chi connectivity index (χ1v) is 8.68. The lowest BCUT2D eigenvalue weighted by Crippen LogP contribution is -2.46. The van der Waals surface area contributed by atoms with Gasteiger partial charge in [0.2, 0.25) is 5.91 Å². The molecular weight excluding hydrogens is 314 g/mol. The molecule has 0 aliphatic carbocycles. The Bertz CT molecular complexity index is 517. The normalized spacial score (nSPS) is 23.0. The summed E-state index contributed by atoms with van der Waals surface area (Å²) in [7, 11) is 0. The van der Waals surface area contributed by atoms with E-state index in [0.717, 1.165) is 38.3 Å². The number of benzene rings is 1. The van der Waals surface area contributed by atoms with Gasteiger partial charge < -0.3 is 19.9 Å². The second-order valence-electron chi connectivity index (χ2n) is 6.09. The number of piperazine rings is 1. The van der Waals surface area contributed by atoms with Crippen LogP contribution in [0.5, 0.6) is 0 Å². The Kier molecular flexibility index (Phi) is 5.89. The van der Waals surface area contributed by atoms with Gasteiger partial charge in [0, 0.05) is 50.7 Å². The third-order valence-corrected chi connectivity index (χ3v) is 4.76. The third kappa shape index (κ3) is 4.67. The number of halogens is 1. The summed E-state index contributed by atoms with van der Waals surface area (Å²) < 4.78 is 5.82. The number of carbonyl (C=O) groups excluding carboxylic acids is 1. The monoisotopic (exact) mass is 337 g/mol. The minimum Gasteiger partial charge on any atom is -0.370 e. The van der Waals surface area contributed by atoms with Crippen molar-refractivity contribution in [2.45, 2.75) is 12.5 Å². The molecule has 2 aliphatic heterocycles. The number of ether oxygens (including phenoxy) is 1. The lowest BCUT2D eigenvalue weighted by atomic mass is 10.1. The van der Waals surface area contributed by atoms with Crippen LogP contribution in [-0.4, -0.2) is 68.1 Å². The van der Waals surface area contributed by atoms with Crippen LogP contribution in [-0.2, 0) is 9.53 Å². The fourth-order valence-electron chi connectivity index (χ4n) is 3.10. The van der Waals surface area contributed by atoms with Crippen LogP contribution in [0.4, 0.5) is 0 Å². The molecule has 0 aromatic heterocycles. The first kappa shape index (κ1) is 16.7. The van der Waals surface area contributed by atoms with Gasteiger partial charge in [0.25, 0.3) is 0 Å². The molecule has 0 unspecified atom stereocenters. The number of rotatable bonds is 4. The molecule has 2 heterocycles. The van der Waals surface area contributed by atoms with E-state index in [-0.39, 0.29) is 12.0 Å². The lowest BCUT2D eigenvalue weighted by molar-refractivity contribution is -0.139. The zero-order valence-corrected chi connectivity index (χ0v) is 14.1. The van der Waals surface area contributed by atoms with Gasteiger partial charge in [0.1, 0.15) is 6.10 Å². The largest absolute Gasteiger partial charge is 0.370 e. The molecule has 0 bridgehead atoms. The maximum absolute atomic E-state index is 12.5. The number of nitrogens with zero attached hydrogens (tertiary/aromatic N) is 2. The van der Waals surface area contributed by atoms with Crippen LogP contribution in [0, 0.1) is 0 Å². The minimum absolute atomic E-state index is 0.0517. The average Bonchev–Trinajstić information content (AvgIpc) is 2.61. The highest BCUT2D eigenvalue weighted by Gasteiger charge is 2.25. The molecule has 23 heavy (non-hydrogen) atoms. The lowest BCUT2D eigenvalue weighted by Gasteiger charge is -2.34. The second kappa shape index (κ2) is 8.11. The summed E-state index contributed by atoms with van der Waals surface area (Å²) in [5.74, 6) is 0.228. The first-order chi connectivity index (χ1) is 11.2. The quantitative estimate of drug-likeness (QED) is 0.905. The molecule has 1 amide bonds. The molecule has 0 radical (unpaired) electrons. The zero-order chi connectivity index (χ0) is 16.1. The molecule has 1 atom stereocenters. The predicted octanol–water partition coefficient (Wildman–Crippen LogP) is 1.54. The van der Waals surface area contributed by atoms with Crippen molar-refractivity contribution in [1.82, 2.24) is 15.1 Å². The van der Waals surface area contributed by atoms with E-state index in [1.807, 2.05) is 29.2 Å². The summed E-state index contributed by atoms with van der Waals surface area (Å²) in [6.45, 7) is 6.85. The Hall–Kier alpha value is -1.14. The molecule has 6 heteroatoms. The van der Waals surface area contributed by atoms with E-state index >= 15 is 0 Å². The Morgan fingerprint density at radius 1 is 1.22 bits per heavy atom. The van der Waals surface area contributed by atoms with Crippen molar-refractivity contribution in [1.29, 1.82) is 0 Å². The van der Waals surface area contributed by atoms with Gasteiger partial charge in [-0.1, -0.05) is 23.7 Å². The van der Waals surface area contributed by atoms with Crippen LogP contribution in [0.3, 0.4) is 0 Å². The predicted molar refractivity (Wildman–Crippen MR) is 90.7 cm³/mol. The van der Waals surface area contributed by atoms with Crippen molar-refractivity contribution in [2.75, 3.05) is 52.4 Å². The van der Waals surface area contributed by atoms with Gasteiger partial charge in [-0.05, 0) is 17.7 Å². The van der Waals surface area contributed by atoms with Crippen LogP contribution in [0.25, 0.3) is 0 Å². The molecule has 1 aromatic rings. The molecule has 5 nitrogen and oxygen atoms in total. The molecule has 1 N–H and O–H groups in total. The van der Waals surface area contributed by atoms with Crippen molar-refractivity contribution >= 4 is 17.5 Å². The highest BCUT2D eigenvalue weighted by atomic mass is 35.5. The summed E-state index contributed by atoms with van der Waals surface area (Å²) in [4.78, 5) is 16.8. The number of hydrogen-bond donors (Lipinski definition) is 1. The summed E-state index contributed by atoms with van der Waals surface area (Å²) in [5.41, 5.74) is 1.08. The van der Waals surface area contributed by atoms with E-state index < -0.39 is 0 Å². The summed E-state index contributed by atoms with van der Waals surface area (Å²) >= 11 is 5.93. The molecule has 2 aliphatic rings. The fraction of sp³-hybridized carbons (Fsp3) is 0.588. The minimum atomic E-state index is -0.0517. The van der Waals surface area contributed by atoms with Gasteiger partial charge in [-0.25, -0.2) is 0 Å². The van der Waals surface area contributed by atoms with Gasteiger partial charge in [0.05, 0.1) is 13.2 Å². The molecule has 0 spiro atoms. The van der Waals surface area contributed by atoms with Crippen molar-refractivity contribution in [3.05, 3.63) is 34.9 Å². The topological polar surface area (TPSA) is 44.8 Å². The molecule has 126 valence electrons. The van der Waals surface area contributed by atoms with Crippen molar-refractivity contribution < 1.29 is 9.53 Å². The third-order valence-electron chi connectivity index (χ3n) is 4.51. The maximum atomic E-state index is 12.5. The standard InChI is InChI=1S/C17H24ClN3O2/c18-15-3-1-14(2-4-15)16-13-21(11-12-23-16)17(22)5-8-20-9-6-19-7-10-20/h1-4,16,19H,5-13H2/t16-/m0/s1. The number of nitrogens with one attached hydrogen (secondary N) is 1. The van der Waals surface area contributed by atoms with Crippen LogP contribution in [0.2, 0.25) is 5.02 Å². The molecular formula is C17H24ClN3O2. The van der Waals surface area contributed by atoms with Crippen molar-refractivity contribution in [2.24, 2.45) is 0 Å². The molecule has 3 rings (SSSR count). The summed E-state index contributed by atoms with van der Waals surface area (Å²) in [5, 5.41) is 4.05. The Morgan fingerprint density at radius 2 is 1.96 bits per heavy atom. The number of morpholine rings is 1. The smallest absolute Gasteiger partial charge is 0.224 e. The Morgan fingerprint density at radius 3 is 2.70 bits per heavy atom. The van der Waals surface area contributed by atoms with Crippen LogP contribution < -0.4 is 5.32 Å². The fourth-order valence-corrected chi connectivity index (χ4v) is 3.23. The van der Waals surface area contributed by atoms with E-state index in [9.17, 15) is 4.79 Å². The van der Waals surface area contributed by atoms with Gasteiger partial charge in [-0.15, -0.1) is 0 Å². The average molecular weight is 338 g/mol. The van der Waals surface area contributed by atoms with E-state index in [4.69, 9.17) is 16.3 Å². The number of carbonyl (C=O) groups is 1. The molecule has 2 saturated heterocycles. The number of amides is 1. The van der Waals surface area contributed by atoms with Crippen LogP contribution in [0.1, 0.15) is 18.1 Å². The SMILES string of the molecule is O=C(CCN1CCNCC1)N1CCO[C@H](c2ccc(Cl)cc2)C1. The second-order valence-corrected chi connectivity index (χ2v) is 6.53. The summed E-state index contributed by atoms with van der Waals surface area (Å²) in [6.07, 6.45) is 0.539. The van der Waals surface area contributed by atoms with Crippen LogP contribution in [0.15, 0.2) is 24.3 Å². The molecule has 0 saturated carbocycles. The highest BCUT2D eigenvalue weighted by molar-refractivity contribution is 6.30. The van der Waals surface area contributed by atoms with E-state index in [1.165, 1.54) is 0 Å². The summed E-state index contributed by atoms with van der Waals surface area (Å²) in [6, 6.07) is 7.68.